The molecule has 0 saturated carbocycles. The maximum Gasteiger partial charge on any atom is 0.416 e. The van der Waals surface area contributed by atoms with Crippen LogP contribution in [-0.4, -0.2) is 21.4 Å². The van der Waals surface area contributed by atoms with E-state index in [1.807, 2.05) is 0 Å². The Hall–Kier alpha value is -1.78. The molecular formula is C11H10F3NO3. The molecule has 0 saturated heterocycles. The predicted molar refractivity (Wildman–Crippen MR) is 54.3 cm³/mol. The minimum atomic E-state index is -4.60. The first-order chi connectivity index (χ1) is 8.27. The van der Waals surface area contributed by atoms with E-state index >= 15 is 0 Å². The van der Waals surface area contributed by atoms with Crippen molar-refractivity contribution in [2.75, 3.05) is 0 Å². The number of aromatic hydroxyl groups is 1. The van der Waals surface area contributed by atoms with E-state index in [4.69, 9.17) is 5.26 Å². The molecule has 0 spiro atoms. The van der Waals surface area contributed by atoms with Crippen molar-refractivity contribution in [2.24, 2.45) is 0 Å². The molecule has 2 atom stereocenters. The van der Waals surface area contributed by atoms with Crippen molar-refractivity contribution in [1.82, 2.24) is 0 Å². The molecule has 1 aromatic carbocycles. The second-order valence-electron chi connectivity index (χ2n) is 3.65. The summed E-state index contributed by atoms with van der Waals surface area (Å²) < 4.78 is 36.9. The summed E-state index contributed by atoms with van der Waals surface area (Å²) in [6.45, 7) is 0. The molecule has 18 heavy (non-hydrogen) atoms. The Bertz CT molecular complexity index is 468. The van der Waals surface area contributed by atoms with Gasteiger partial charge in [-0.25, -0.2) is 0 Å². The van der Waals surface area contributed by atoms with Gasteiger partial charge in [-0.3, -0.25) is 0 Å². The first-order valence-electron chi connectivity index (χ1n) is 4.90. The van der Waals surface area contributed by atoms with E-state index in [-0.39, 0.29) is 5.56 Å². The van der Waals surface area contributed by atoms with Crippen LogP contribution in [-0.2, 0) is 6.18 Å². The van der Waals surface area contributed by atoms with Gasteiger partial charge in [0.25, 0.3) is 0 Å². The minimum Gasteiger partial charge on any atom is -0.508 e. The van der Waals surface area contributed by atoms with Gasteiger partial charge in [-0.05, 0) is 12.1 Å². The number of phenols is 1. The van der Waals surface area contributed by atoms with Crippen LogP contribution in [0.15, 0.2) is 18.2 Å². The SMILES string of the molecule is N#CCC(O)C(O)c1ccc(C(F)(F)F)cc1O. The molecule has 2 unspecified atom stereocenters. The third-order valence-corrected chi connectivity index (χ3v) is 2.34. The summed E-state index contributed by atoms with van der Waals surface area (Å²) in [5.41, 5.74) is -1.32. The first-order valence-corrected chi connectivity index (χ1v) is 4.90. The lowest BCUT2D eigenvalue weighted by molar-refractivity contribution is -0.137. The fourth-order valence-corrected chi connectivity index (χ4v) is 1.38. The Balaban J connectivity index is 3.03. The Morgan fingerprint density at radius 1 is 1.28 bits per heavy atom. The largest absolute Gasteiger partial charge is 0.508 e. The van der Waals surface area contributed by atoms with Crippen LogP contribution in [0.2, 0.25) is 0 Å². The fourth-order valence-electron chi connectivity index (χ4n) is 1.38. The smallest absolute Gasteiger partial charge is 0.416 e. The Morgan fingerprint density at radius 3 is 2.33 bits per heavy atom. The molecule has 0 aliphatic carbocycles. The van der Waals surface area contributed by atoms with Crippen LogP contribution in [0.1, 0.15) is 23.7 Å². The molecule has 0 aliphatic rings. The summed E-state index contributed by atoms with van der Waals surface area (Å²) in [6, 6.07) is 3.60. The Kier molecular flexibility index (Phi) is 4.16. The minimum absolute atomic E-state index is 0.259. The monoisotopic (exact) mass is 261 g/mol. The lowest BCUT2D eigenvalue weighted by Crippen LogP contribution is -2.18. The van der Waals surface area contributed by atoms with Crippen molar-refractivity contribution in [3.63, 3.8) is 0 Å². The molecule has 0 bridgehead atoms. The normalized spacial score (nSPS) is 14.9. The fraction of sp³-hybridized carbons (Fsp3) is 0.364. The number of nitriles is 1. The second kappa shape index (κ2) is 5.25. The Labute approximate surface area is 101 Å². The van der Waals surface area contributed by atoms with E-state index < -0.39 is 36.1 Å². The van der Waals surface area contributed by atoms with Gasteiger partial charge >= 0.3 is 6.18 Å². The second-order valence-corrected chi connectivity index (χ2v) is 3.65. The van der Waals surface area contributed by atoms with Gasteiger partial charge in [-0.1, -0.05) is 6.07 Å². The molecule has 0 heterocycles. The van der Waals surface area contributed by atoms with Crippen LogP contribution < -0.4 is 0 Å². The molecule has 0 radical (unpaired) electrons. The lowest BCUT2D eigenvalue weighted by Gasteiger charge is -2.17. The van der Waals surface area contributed by atoms with Crippen molar-refractivity contribution in [2.45, 2.75) is 24.8 Å². The number of hydrogen-bond donors (Lipinski definition) is 3. The number of aliphatic hydroxyl groups is 2. The zero-order valence-corrected chi connectivity index (χ0v) is 9.02. The van der Waals surface area contributed by atoms with E-state index in [2.05, 4.69) is 0 Å². The highest BCUT2D eigenvalue weighted by Gasteiger charge is 2.32. The molecule has 0 amide bonds. The summed E-state index contributed by atoms with van der Waals surface area (Å²) in [7, 11) is 0. The number of hydrogen-bond acceptors (Lipinski definition) is 4. The van der Waals surface area contributed by atoms with Gasteiger partial charge in [0.15, 0.2) is 0 Å². The summed E-state index contributed by atoms with van der Waals surface area (Å²) >= 11 is 0. The van der Waals surface area contributed by atoms with Crippen LogP contribution >= 0.6 is 0 Å². The van der Waals surface area contributed by atoms with Crippen LogP contribution in [0.25, 0.3) is 0 Å². The molecule has 0 aromatic heterocycles. The molecule has 1 aromatic rings. The number of phenolic OH excluding ortho intramolecular Hbond substituents is 1. The number of benzene rings is 1. The van der Waals surface area contributed by atoms with Crippen molar-refractivity contribution in [3.8, 4) is 11.8 Å². The molecule has 3 N–H and O–H groups in total. The molecule has 98 valence electrons. The van der Waals surface area contributed by atoms with Gasteiger partial charge in [0, 0.05) is 5.56 Å². The van der Waals surface area contributed by atoms with Crippen LogP contribution in [0.3, 0.4) is 0 Å². The molecule has 7 heteroatoms. The molecule has 1 rings (SSSR count). The Morgan fingerprint density at radius 2 is 1.89 bits per heavy atom. The zero-order chi connectivity index (χ0) is 13.9. The molecule has 0 aliphatic heterocycles. The van der Waals surface area contributed by atoms with Gasteiger partial charge in [-0.2, -0.15) is 18.4 Å². The zero-order valence-electron chi connectivity index (χ0n) is 9.02. The predicted octanol–water partition coefficient (Wildman–Crippen LogP) is 1.72. The van der Waals surface area contributed by atoms with E-state index in [1.165, 1.54) is 0 Å². The number of aliphatic hydroxyl groups excluding tert-OH is 2. The van der Waals surface area contributed by atoms with E-state index in [0.29, 0.717) is 12.1 Å². The quantitative estimate of drug-likeness (QED) is 0.773. The van der Waals surface area contributed by atoms with E-state index in [9.17, 15) is 28.5 Å². The van der Waals surface area contributed by atoms with Crippen molar-refractivity contribution >= 4 is 0 Å². The third kappa shape index (κ3) is 3.12. The van der Waals surface area contributed by atoms with E-state index in [0.717, 1.165) is 6.07 Å². The van der Waals surface area contributed by atoms with Crippen molar-refractivity contribution in [1.29, 1.82) is 5.26 Å². The standard InChI is InChI=1S/C11H10F3NO3/c12-11(13,14)6-1-2-7(9(17)5-6)10(18)8(16)3-4-15/h1-2,5,8,10,16-18H,3H2. The van der Waals surface area contributed by atoms with Gasteiger partial charge in [-0.15, -0.1) is 0 Å². The number of nitrogens with zero attached hydrogens (tertiary/aromatic N) is 1. The topological polar surface area (TPSA) is 84.5 Å². The number of halogens is 3. The summed E-state index contributed by atoms with van der Waals surface area (Å²) in [5, 5.41) is 36.6. The summed E-state index contributed by atoms with van der Waals surface area (Å²) in [5.74, 6) is -0.783. The highest BCUT2D eigenvalue weighted by Crippen LogP contribution is 2.35. The van der Waals surface area contributed by atoms with Gasteiger partial charge < -0.3 is 15.3 Å². The van der Waals surface area contributed by atoms with Gasteiger partial charge in [0.05, 0.1) is 24.2 Å². The van der Waals surface area contributed by atoms with Crippen molar-refractivity contribution < 1.29 is 28.5 Å². The van der Waals surface area contributed by atoms with Crippen LogP contribution in [0.5, 0.6) is 5.75 Å². The average Bonchev–Trinajstić information content (AvgIpc) is 2.27. The molecular weight excluding hydrogens is 251 g/mol. The summed E-state index contributed by atoms with van der Waals surface area (Å²) in [4.78, 5) is 0. The highest BCUT2D eigenvalue weighted by molar-refractivity contribution is 5.39. The van der Waals surface area contributed by atoms with Crippen molar-refractivity contribution in [3.05, 3.63) is 29.3 Å². The van der Waals surface area contributed by atoms with Gasteiger partial charge in [0.2, 0.25) is 0 Å². The van der Waals surface area contributed by atoms with Gasteiger partial charge in [0.1, 0.15) is 11.9 Å². The van der Waals surface area contributed by atoms with E-state index in [1.54, 1.807) is 6.07 Å². The van der Waals surface area contributed by atoms with Crippen LogP contribution in [0, 0.1) is 11.3 Å². The average molecular weight is 261 g/mol. The lowest BCUT2D eigenvalue weighted by atomic mass is 10.00. The maximum absolute atomic E-state index is 12.3. The highest BCUT2D eigenvalue weighted by atomic mass is 19.4. The third-order valence-electron chi connectivity index (χ3n) is 2.34. The van der Waals surface area contributed by atoms with Crippen LogP contribution in [0.4, 0.5) is 13.2 Å². The summed E-state index contributed by atoms with van der Waals surface area (Å²) in [6.07, 6.45) is -8.10. The first kappa shape index (κ1) is 14.3. The number of rotatable bonds is 3. The maximum atomic E-state index is 12.3. The number of alkyl halides is 3. The molecule has 4 nitrogen and oxygen atoms in total. The molecule has 0 fully saturated rings.